The van der Waals surface area contributed by atoms with Crippen molar-refractivity contribution < 1.29 is 14.2 Å². The average Bonchev–Trinajstić information content (AvgIpc) is 2.19. The lowest BCUT2D eigenvalue weighted by atomic mass is 10.3. The summed E-state index contributed by atoms with van der Waals surface area (Å²) >= 11 is 0. The Morgan fingerprint density at radius 2 is 2.31 bits per heavy atom. The molecule has 72 valence electrons. The molecule has 0 saturated carbocycles. The monoisotopic (exact) mass is 185 g/mol. The normalized spacial score (nSPS) is 10.0. The predicted octanol–water partition coefficient (Wildman–Crippen LogP) is 1.31. The SMILES string of the molecule is OCc1ccc(OCCCF)nc1. The van der Waals surface area contributed by atoms with Crippen LogP contribution in [0.5, 0.6) is 5.88 Å². The van der Waals surface area contributed by atoms with Crippen molar-refractivity contribution in [3.8, 4) is 5.88 Å². The second-order valence-corrected chi connectivity index (χ2v) is 2.55. The standard InChI is InChI=1S/C9H12FNO2/c10-4-1-5-13-9-3-2-8(7-12)6-11-9/h2-3,6,12H,1,4-5,7H2. The minimum atomic E-state index is -0.380. The number of alkyl halides is 1. The van der Waals surface area contributed by atoms with Gasteiger partial charge in [-0.3, -0.25) is 4.39 Å². The molecule has 3 nitrogen and oxygen atoms in total. The quantitative estimate of drug-likeness (QED) is 0.703. The number of nitrogens with zero attached hydrogens (tertiary/aromatic N) is 1. The molecule has 0 unspecified atom stereocenters. The highest BCUT2D eigenvalue weighted by molar-refractivity contribution is 5.16. The Kier molecular flexibility index (Phi) is 4.18. The van der Waals surface area contributed by atoms with Crippen LogP contribution in [0.1, 0.15) is 12.0 Å². The van der Waals surface area contributed by atoms with E-state index in [2.05, 4.69) is 4.98 Å². The van der Waals surface area contributed by atoms with Crippen molar-refractivity contribution in [1.29, 1.82) is 0 Å². The summed E-state index contributed by atoms with van der Waals surface area (Å²) < 4.78 is 16.8. The lowest BCUT2D eigenvalue weighted by molar-refractivity contribution is 0.274. The van der Waals surface area contributed by atoms with E-state index in [1.165, 1.54) is 6.20 Å². The Morgan fingerprint density at radius 1 is 1.46 bits per heavy atom. The number of hydrogen-bond donors (Lipinski definition) is 1. The molecule has 1 rings (SSSR count). The minimum absolute atomic E-state index is 0.0300. The van der Waals surface area contributed by atoms with Crippen LogP contribution in [0, 0.1) is 0 Å². The van der Waals surface area contributed by atoms with E-state index >= 15 is 0 Å². The van der Waals surface area contributed by atoms with Crippen LogP contribution in [0.4, 0.5) is 4.39 Å². The summed E-state index contributed by atoms with van der Waals surface area (Å²) in [6.07, 6.45) is 1.91. The van der Waals surface area contributed by atoms with Crippen molar-refractivity contribution in [2.75, 3.05) is 13.3 Å². The molecule has 4 heteroatoms. The van der Waals surface area contributed by atoms with E-state index in [4.69, 9.17) is 9.84 Å². The number of aliphatic hydroxyl groups excluding tert-OH is 1. The first-order valence-electron chi connectivity index (χ1n) is 4.11. The largest absolute Gasteiger partial charge is 0.478 e. The topological polar surface area (TPSA) is 42.4 Å². The van der Waals surface area contributed by atoms with E-state index in [9.17, 15) is 4.39 Å². The van der Waals surface area contributed by atoms with Crippen molar-refractivity contribution in [2.24, 2.45) is 0 Å². The minimum Gasteiger partial charge on any atom is -0.478 e. The maximum absolute atomic E-state index is 11.7. The van der Waals surface area contributed by atoms with Gasteiger partial charge in [0.15, 0.2) is 0 Å². The Bertz CT molecular complexity index is 238. The molecule has 0 fully saturated rings. The molecule has 1 aromatic rings. The molecular formula is C9H12FNO2. The zero-order chi connectivity index (χ0) is 9.52. The van der Waals surface area contributed by atoms with Gasteiger partial charge in [0.2, 0.25) is 5.88 Å². The average molecular weight is 185 g/mol. The molecule has 1 aromatic heterocycles. The molecule has 0 aromatic carbocycles. The molecular weight excluding hydrogens is 173 g/mol. The number of ether oxygens (including phenoxy) is 1. The molecule has 0 aliphatic rings. The second-order valence-electron chi connectivity index (χ2n) is 2.55. The van der Waals surface area contributed by atoms with E-state index in [-0.39, 0.29) is 13.3 Å². The van der Waals surface area contributed by atoms with Crippen LogP contribution in [0.15, 0.2) is 18.3 Å². The van der Waals surface area contributed by atoms with Gasteiger partial charge in [-0.25, -0.2) is 4.98 Å². The smallest absolute Gasteiger partial charge is 0.213 e. The van der Waals surface area contributed by atoms with Gasteiger partial charge in [0.25, 0.3) is 0 Å². The molecule has 0 saturated heterocycles. The van der Waals surface area contributed by atoms with Crippen molar-refractivity contribution in [3.63, 3.8) is 0 Å². The molecule has 0 aliphatic heterocycles. The van der Waals surface area contributed by atoms with Gasteiger partial charge in [-0.15, -0.1) is 0 Å². The molecule has 0 atom stereocenters. The zero-order valence-corrected chi connectivity index (χ0v) is 7.24. The van der Waals surface area contributed by atoms with Crippen LogP contribution in [-0.2, 0) is 6.61 Å². The lowest BCUT2D eigenvalue weighted by Gasteiger charge is -2.03. The third kappa shape index (κ3) is 3.38. The van der Waals surface area contributed by atoms with Crippen molar-refractivity contribution in [2.45, 2.75) is 13.0 Å². The Labute approximate surface area is 76.2 Å². The van der Waals surface area contributed by atoms with Crippen LogP contribution < -0.4 is 4.74 Å². The lowest BCUT2D eigenvalue weighted by Crippen LogP contribution is -1.99. The summed E-state index contributed by atoms with van der Waals surface area (Å²) in [6.45, 7) is -0.0749. The van der Waals surface area contributed by atoms with E-state index < -0.39 is 0 Å². The summed E-state index contributed by atoms with van der Waals surface area (Å²) in [5.74, 6) is 0.464. The highest BCUT2D eigenvalue weighted by Gasteiger charge is 1.95. The van der Waals surface area contributed by atoms with Crippen LogP contribution in [0.3, 0.4) is 0 Å². The summed E-state index contributed by atoms with van der Waals surface area (Å²) in [4.78, 5) is 3.92. The van der Waals surface area contributed by atoms with Gasteiger partial charge in [0.05, 0.1) is 19.9 Å². The number of rotatable bonds is 5. The van der Waals surface area contributed by atoms with E-state index in [0.717, 1.165) is 5.56 Å². The van der Waals surface area contributed by atoms with E-state index in [1.54, 1.807) is 12.1 Å². The molecule has 0 aliphatic carbocycles. The fourth-order valence-electron chi connectivity index (χ4n) is 0.821. The highest BCUT2D eigenvalue weighted by atomic mass is 19.1. The third-order valence-electron chi connectivity index (χ3n) is 1.51. The van der Waals surface area contributed by atoms with Crippen molar-refractivity contribution >= 4 is 0 Å². The summed E-state index contributed by atoms with van der Waals surface area (Å²) in [5.41, 5.74) is 0.734. The first-order valence-corrected chi connectivity index (χ1v) is 4.11. The highest BCUT2D eigenvalue weighted by Crippen LogP contribution is 2.07. The predicted molar refractivity (Wildman–Crippen MR) is 46.2 cm³/mol. The van der Waals surface area contributed by atoms with Gasteiger partial charge in [0, 0.05) is 18.7 Å². The van der Waals surface area contributed by atoms with E-state index in [0.29, 0.717) is 18.9 Å². The molecule has 0 bridgehead atoms. The summed E-state index contributed by atoms with van der Waals surface area (Å²) in [5, 5.41) is 8.71. The molecule has 0 amide bonds. The first-order chi connectivity index (χ1) is 6.36. The summed E-state index contributed by atoms with van der Waals surface area (Å²) in [6, 6.07) is 3.38. The fraction of sp³-hybridized carbons (Fsp3) is 0.444. The number of aliphatic hydroxyl groups is 1. The Hall–Kier alpha value is -1.16. The van der Waals surface area contributed by atoms with Crippen molar-refractivity contribution in [1.82, 2.24) is 4.98 Å². The van der Waals surface area contributed by atoms with Gasteiger partial charge in [-0.2, -0.15) is 0 Å². The van der Waals surface area contributed by atoms with Gasteiger partial charge in [0.1, 0.15) is 0 Å². The molecule has 1 N–H and O–H groups in total. The maximum atomic E-state index is 11.7. The van der Waals surface area contributed by atoms with Gasteiger partial charge >= 0.3 is 0 Å². The second kappa shape index (κ2) is 5.48. The first kappa shape index (κ1) is 9.92. The number of hydrogen-bond acceptors (Lipinski definition) is 3. The van der Waals surface area contributed by atoms with Crippen molar-refractivity contribution in [3.05, 3.63) is 23.9 Å². The molecule has 0 spiro atoms. The molecule has 13 heavy (non-hydrogen) atoms. The molecule has 0 radical (unpaired) electrons. The van der Waals surface area contributed by atoms with Crippen LogP contribution in [-0.4, -0.2) is 23.4 Å². The number of aromatic nitrogens is 1. The van der Waals surface area contributed by atoms with E-state index in [1.807, 2.05) is 0 Å². The zero-order valence-electron chi connectivity index (χ0n) is 7.24. The number of halogens is 1. The van der Waals surface area contributed by atoms with Crippen LogP contribution >= 0.6 is 0 Å². The van der Waals surface area contributed by atoms with Crippen LogP contribution in [0.25, 0.3) is 0 Å². The van der Waals surface area contributed by atoms with Gasteiger partial charge in [-0.1, -0.05) is 0 Å². The van der Waals surface area contributed by atoms with Crippen LogP contribution in [0.2, 0.25) is 0 Å². The fourth-order valence-corrected chi connectivity index (χ4v) is 0.821. The maximum Gasteiger partial charge on any atom is 0.213 e. The van der Waals surface area contributed by atoms with Gasteiger partial charge in [-0.05, 0) is 11.6 Å². The summed E-state index contributed by atoms with van der Waals surface area (Å²) in [7, 11) is 0. The molecule has 1 heterocycles. The number of pyridine rings is 1. The van der Waals surface area contributed by atoms with Gasteiger partial charge < -0.3 is 9.84 Å². The Morgan fingerprint density at radius 3 is 2.85 bits per heavy atom. The Balaban J connectivity index is 2.40. The third-order valence-corrected chi connectivity index (χ3v) is 1.51.